The molecule has 0 aliphatic carbocycles. The van der Waals surface area contributed by atoms with E-state index in [4.69, 9.17) is 9.47 Å². The molecule has 0 heterocycles. The number of amides is 1. The van der Waals surface area contributed by atoms with Gasteiger partial charge in [0.05, 0.1) is 13.1 Å². The monoisotopic (exact) mass is 385 g/mol. The van der Waals surface area contributed by atoms with Gasteiger partial charge in [-0.1, -0.05) is 6.07 Å². The normalized spacial score (nSPS) is 9.81. The molecule has 0 fully saturated rings. The van der Waals surface area contributed by atoms with Crippen LogP contribution in [0.2, 0.25) is 0 Å². The van der Waals surface area contributed by atoms with Crippen molar-refractivity contribution in [1.29, 1.82) is 0 Å². The summed E-state index contributed by atoms with van der Waals surface area (Å²) in [4.78, 5) is 22.5. The molecule has 4 N–H and O–H groups in total. The molecule has 0 spiro atoms. The second kappa shape index (κ2) is 9.91. The first-order valence-electron chi connectivity index (χ1n) is 7.34. The minimum atomic E-state index is -1.48. The van der Waals surface area contributed by atoms with E-state index in [1.807, 2.05) is 0 Å². The first kappa shape index (κ1) is 22.4. The number of ether oxygens (including phenoxy) is 2. The Morgan fingerprint density at radius 1 is 1.07 bits per heavy atom. The van der Waals surface area contributed by atoms with E-state index in [-0.39, 0.29) is 53.4 Å². The molecular formula is C17H16NNaO8. The summed E-state index contributed by atoms with van der Waals surface area (Å²) in [5.74, 6) is -3.39. The van der Waals surface area contributed by atoms with E-state index in [9.17, 15) is 30.0 Å². The third kappa shape index (κ3) is 5.95. The van der Waals surface area contributed by atoms with E-state index in [1.165, 1.54) is 19.2 Å². The third-order valence-electron chi connectivity index (χ3n) is 3.35. The van der Waals surface area contributed by atoms with Gasteiger partial charge in [0.2, 0.25) is 0 Å². The molecule has 0 aliphatic rings. The third-order valence-corrected chi connectivity index (χ3v) is 3.35. The standard InChI is InChI=1S/C17H17NO8.Na/c1-25-14-3-2-9(4-11(14)19)7-18-17(24)16-12(20)5-10(6-13(16)21)26-8-15(22)23;/h2-6,19-21H,7-8H2,1H3,(H,18,24)(H,22,23);/q;+1/p-1. The number of phenolic OH excluding ortho intramolecular Hbond substituents is 3. The van der Waals surface area contributed by atoms with Gasteiger partial charge in [-0.25, -0.2) is 0 Å². The van der Waals surface area contributed by atoms with Crippen LogP contribution in [0.25, 0.3) is 0 Å². The summed E-state index contributed by atoms with van der Waals surface area (Å²) < 4.78 is 9.69. The predicted molar refractivity (Wildman–Crippen MR) is 86.1 cm³/mol. The summed E-state index contributed by atoms with van der Waals surface area (Å²) in [6, 6.07) is 6.54. The summed E-state index contributed by atoms with van der Waals surface area (Å²) in [6.45, 7) is -0.760. The Bertz CT molecular complexity index is 817. The minimum absolute atomic E-state index is 0. The molecule has 0 bridgehead atoms. The Labute approximate surface area is 176 Å². The summed E-state index contributed by atoms with van der Waals surface area (Å²) >= 11 is 0. The van der Waals surface area contributed by atoms with E-state index in [0.29, 0.717) is 5.56 Å². The van der Waals surface area contributed by atoms with Crippen molar-refractivity contribution < 1.29 is 69.0 Å². The summed E-state index contributed by atoms with van der Waals surface area (Å²) in [7, 11) is 1.41. The Morgan fingerprint density at radius 2 is 1.70 bits per heavy atom. The maximum Gasteiger partial charge on any atom is 1.00 e. The van der Waals surface area contributed by atoms with Crippen LogP contribution in [0.3, 0.4) is 0 Å². The number of carbonyl (C=O) groups excluding carboxylic acids is 2. The van der Waals surface area contributed by atoms with Crippen molar-refractivity contribution in [2.45, 2.75) is 6.54 Å². The Balaban J connectivity index is 0.00000364. The first-order chi connectivity index (χ1) is 12.3. The van der Waals surface area contributed by atoms with Gasteiger partial charge in [-0.3, -0.25) is 4.79 Å². The largest absolute Gasteiger partial charge is 1.00 e. The molecule has 138 valence electrons. The number of nitrogens with one attached hydrogen (secondary N) is 1. The SMILES string of the molecule is COc1ccc(CNC(=O)c2c(O)cc(OCC(=O)[O-])cc2O)cc1O.[Na+]. The molecule has 1 amide bonds. The fourth-order valence-electron chi connectivity index (χ4n) is 2.16. The molecule has 2 aromatic carbocycles. The molecule has 10 heteroatoms. The van der Waals surface area contributed by atoms with Crippen molar-refractivity contribution in [1.82, 2.24) is 5.32 Å². The van der Waals surface area contributed by atoms with Gasteiger partial charge in [-0.15, -0.1) is 0 Å². The maximum absolute atomic E-state index is 12.2. The molecule has 0 aromatic heterocycles. The number of carboxylic acid groups (broad SMARTS) is 1. The Morgan fingerprint density at radius 3 is 2.22 bits per heavy atom. The van der Waals surface area contributed by atoms with Crippen LogP contribution in [-0.4, -0.2) is 40.9 Å². The van der Waals surface area contributed by atoms with Crippen molar-refractivity contribution in [3.8, 4) is 28.7 Å². The van der Waals surface area contributed by atoms with Crippen LogP contribution in [0.5, 0.6) is 28.7 Å². The predicted octanol–water partition coefficient (Wildman–Crippen LogP) is -3.13. The maximum atomic E-state index is 12.2. The number of hydrogen-bond donors (Lipinski definition) is 4. The molecule has 9 nitrogen and oxygen atoms in total. The zero-order valence-corrected chi connectivity index (χ0v) is 16.7. The van der Waals surface area contributed by atoms with Crippen molar-refractivity contribution in [3.63, 3.8) is 0 Å². The van der Waals surface area contributed by atoms with Gasteiger partial charge in [0.15, 0.2) is 11.5 Å². The summed E-state index contributed by atoms with van der Waals surface area (Å²) in [5, 5.41) is 42.3. The number of benzene rings is 2. The topological polar surface area (TPSA) is 148 Å². The number of aliphatic carboxylic acids is 1. The van der Waals surface area contributed by atoms with Crippen LogP contribution >= 0.6 is 0 Å². The number of rotatable bonds is 7. The Kier molecular flexibility index (Phi) is 8.23. The van der Waals surface area contributed by atoms with Crippen LogP contribution < -0.4 is 49.5 Å². The first-order valence-corrected chi connectivity index (χ1v) is 7.34. The fraction of sp³-hybridized carbons (Fsp3) is 0.176. The molecule has 0 unspecified atom stereocenters. The number of aromatic hydroxyl groups is 3. The van der Waals surface area contributed by atoms with E-state index in [2.05, 4.69) is 5.32 Å². The molecule has 0 saturated carbocycles. The van der Waals surface area contributed by atoms with Gasteiger partial charge in [-0.2, -0.15) is 0 Å². The average Bonchev–Trinajstić information content (AvgIpc) is 2.57. The van der Waals surface area contributed by atoms with Crippen molar-refractivity contribution in [2.24, 2.45) is 0 Å². The molecule has 2 rings (SSSR count). The molecule has 0 atom stereocenters. The molecule has 0 radical (unpaired) electrons. The summed E-state index contributed by atoms with van der Waals surface area (Å²) in [5.41, 5.74) is 0.160. The van der Waals surface area contributed by atoms with Gasteiger partial charge < -0.3 is 40.0 Å². The molecule has 2 aromatic rings. The average molecular weight is 385 g/mol. The molecule has 0 saturated heterocycles. The number of phenols is 3. The van der Waals surface area contributed by atoms with Crippen LogP contribution in [0.1, 0.15) is 15.9 Å². The molecule has 27 heavy (non-hydrogen) atoms. The Hall–Kier alpha value is -2.62. The minimum Gasteiger partial charge on any atom is -0.546 e. The van der Waals surface area contributed by atoms with Crippen LogP contribution in [0.15, 0.2) is 30.3 Å². The zero-order chi connectivity index (χ0) is 19.3. The molecule has 0 aliphatic heterocycles. The van der Waals surface area contributed by atoms with Crippen molar-refractivity contribution in [3.05, 3.63) is 41.5 Å². The number of carboxylic acids is 1. The van der Waals surface area contributed by atoms with Crippen molar-refractivity contribution >= 4 is 11.9 Å². The second-order valence-electron chi connectivity index (χ2n) is 5.19. The van der Waals surface area contributed by atoms with E-state index >= 15 is 0 Å². The van der Waals surface area contributed by atoms with E-state index < -0.39 is 35.5 Å². The van der Waals surface area contributed by atoms with Crippen molar-refractivity contribution in [2.75, 3.05) is 13.7 Å². The van der Waals surface area contributed by atoms with Crippen LogP contribution in [0.4, 0.5) is 0 Å². The quantitative estimate of drug-likeness (QED) is 0.366. The van der Waals surface area contributed by atoms with Gasteiger partial charge in [-0.05, 0) is 17.7 Å². The van der Waals surface area contributed by atoms with Gasteiger partial charge >= 0.3 is 29.6 Å². The number of methoxy groups -OCH3 is 1. The zero-order valence-electron chi connectivity index (χ0n) is 14.7. The van der Waals surface area contributed by atoms with Gasteiger partial charge in [0.25, 0.3) is 5.91 Å². The van der Waals surface area contributed by atoms with Crippen LogP contribution in [0, 0.1) is 0 Å². The summed E-state index contributed by atoms with van der Waals surface area (Å²) in [6.07, 6.45) is 0. The van der Waals surface area contributed by atoms with E-state index in [1.54, 1.807) is 6.07 Å². The van der Waals surface area contributed by atoms with Gasteiger partial charge in [0.1, 0.15) is 29.4 Å². The smallest absolute Gasteiger partial charge is 0.546 e. The fourth-order valence-corrected chi connectivity index (χ4v) is 2.16. The number of carbonyl (C=O) groups is 2. The second-order valence-corrected chi connectivity index (χ2v) is 5.19. The van der Waals surface area contributed by atoms with Gasteiger partial charge in [0, 0.05) is 18.7 Å². The molecular weight excluding hydrogens is 369 g/mol. The van der Waals surface area contributed by atoms with Crippen LogP contribution in [-0.2, 0) is 11.3 Å². The number of hydrogen-bond acceptors (Lipinski definition) is 8. The van der Waals surface area contributed by atoms with E-state index in [0.717, 1.165) is 12.1 Å².